The molecular weight excluding hydrogens is 306 g/mol. The third kappa shape index (κ3) is 3.95. The third-order valence-electron chi connectivity index (χ3n) is 2.85. The van der Waals surface area contributed by atoms with Crippen molar-refractivity contribution in [2.45, 2.75) is 11.4 Å². The molecular formula is C14H13N3O4S. The van der Waals surface area contributed by atoms with E-state index in [9.17, 15) is 19.7 Å². The monoisotopic (exact) mass is 319 g/mol. The number of hydrogen-bond acceptors (Lipinski definition) is 5. The molecule has 0 aliphatic heterocycles. The zero-order valence-electron chi connectivity index (χ0n) is 11.7. The summed E-state index contributed by atoms with van der Waals surface area (Å²) in [6.45, 7) is -0.288. The van der Waals surface area contributed by atoms with E-state index in [2.05, 4.69) is 5.32 Å². The maximum absolute atomic E-state index is 12.0. The fourth-order valence-electron chi connectivity index (χ4n) is 1.81. The minimum absolute atomic E-state index is 0.239. The number of carbonyl (C=O) groups excluding carboxylic acids is 1. The molecule has 0 saturated heterocycles. The van der Waals surface area contributed by atoms with Crippen LogP contribution in [0.1, 0.15) is 0 Å². The minimum Gasteiger partial charge on any atom is -0.324 e. The van der Waals surface area contributed by atoms with Crippen LogP contribution in [0.5, 0.6) is 0 Å². The lowest BCUT2D eigenvalue weighted by Crippen LogP contribution is -2.26. The molecule has 0 bridgehead atoms. The van der Waals surface area contributed by atoms with Gasteiger partial charge < -0.3 is 5.32 Å². The van der Waals surface area contributed by atoms with Crippen molar-refractivity contribution in [3.8, 4) is 0 Å². The Bertz CT molecular complexity index is 773. The van der Waals surface area contributed by atoms with E-state index in [0.717, 1.165) is 27.8 Å². The molecule has 0 fully saturated rings. The first-order valence-corrected chi connectivity index (χ1v) is 7.51. The van der Waals surface area contributed by atoms with Crippen molar-refractivity contribution >= 4 is 29.0 Å². The molecule has 0 radical (unpaired) electrons. The number of benzene rings is 1. The van der Waals surface area contributed by atoms with Crippen LogP contribution in [0.3, 0.4) is 0 Å². The van der Waals surface area contributed by atoms with E-state index < -0.39 is 16.4 Å². The number of hydrogen-bond donors (Lipinski definition) is 1. The second kappa shape index (κ2) is 6.90. The average molecular weight is 319 g/mol. The van der Waals surface area contributed by atoms with E-state index in [1.54, 1.807) is 30.0 Å². The Hall–Kier alpha value is -2.61. The normalized spacial score (nSPS) is 10.2. The van der Waals surface area contributed by atoms with Crippen LogP contribution in [-0.4, -0.2) is 21.7 Å². The summed E-state index contributed by atoms with van der Waals surface area (Å²) in [7, 11) is 0. The fraction of sp³-hybridized carbons (Fsp3) is 0.143. The van der Waals surface area contributed by atoms with Gasteiger partial charge in [0.1, 0.15) is 6.54 Å². The van der Waals surface area contributed by atoms with Crippen LogP contribution in [0, 0.1) is 10.1 Å². The van der Waals surface area contributed by atoms with Gasteiger partial charge in [0.25, 0.3) is 11.2 Å². The molecule has 0 aliphatic rings. The van der Waals surface area contributed by atoms with Crippen LogP contribution < -0.4 is 10.9 Å². The van der Waals surface area contributed by atoms with Gasteiger partial charge in [0.2, 0.25) is 5.91 Å². The Morgan fingerprint density at radius 1 is 1.36 bits per heavy atom. The number of carbonyl (C=O) groups is 1. The average Bonchev–Trinajstić information content (AvgIpc) is 2.49. The van der Waals surface area contributed by atoms with Gasteiger partial charge in [0.05, 0.1) is 11.1 Å². The molecule has 0 aliphatic carbocycles. The highest BCUT2D eigenvalue weighted by atomic mass is 32.2. The van der Waals surface area contributed by atoms with E-state index in [1.807, 2.05) is 12.3 Å². The van der Waals surface area contributed by atoms with Crippen LogP contribution in [0.4, 0.5) is 11.4 Å². The molecule has 0 saturated carbocycles. The highest BCUT2D eigenvalue weighted by molar-refractivity contribution is 7.98. The van der Waals surface area contributed by atoms with Crippen molar-refractivity contribution in [1.82, 2.24) is 4.57 Å². The number of thioether (sulfide) groups is 1. The van der Waals surface area contributed by atoms with Gasteiger partial charge in [-0.05, 0) is 24.5 Å². The maximum atomic E-state index is 12.0. The van der Waals surface area contributed by atoms with E-state index >= 15 is 0 Å². The Morgan fingerprint density at radius 3 is 2.82 bits per heavy atom. The topological polar surface area (TPSA) is 94.2 Å². The molecule has 0 unspecified atom stereocenters. The zero-order valence-corrected chi connectivity index (χ0v) is 12.5. The Morgan fingerprint density at radius 2 is 2.14 bits per heavy atom. The third-order valence-corrected chi connectivity index (χ3v) is 3.57. The van der Waals surface area contributed by atoms with Crippen LogP contribution in [0.15, 0.2) is 52.3 Å². The van der Waals surface area contributed by atoms with Gasteiger partial charge in [0.15, 0.2) is 0 Å². The highest BCUT2D eigenvalue weighted by Gasteiger charge is 2.11. The van der Waals surface area contributed by atoms with E-state index in [4.69, 9.17) is 0 Å². The summed E-state index contributed by atoms with van der Waals surface area (Å²) >= 11 is 1.54. The highest BCUT2D eigenvalue weighted by Crippen LogP contribution is 2.18. The Kier molecular flexibility index (Phi) is 4.95. The number of rotatable bonds is 5. The number of aromatic nitrogens is 1. The SMILES string of the molecule is CSc1cccc(NC(=O)Cn2cc([N+](=O)[O-])ccc2=O)c1. The molecule has 2 rings (SSSR count). The molecule has 114 valence electrons. The molecule has 1 aromatic heterocycles. The summed E-state index contributed by atoms with van der Waals surface area (Å²) in [4.78, 5) is 34.7. The number of nitro groups is 1. The van der Waals surface area contributed by atoms with Crippen molar-refractivity contribution in [1.29, 1.82) is 0 Å². The largest absolute Gasteiger partial charge is 0.324 e. The predicted molar refractivity (Wildman–Crippen MR) is 84.2 cm³/mol. The van der Waals surface area contributed by atoms with Gasteiger partial charge >= 0.3 is 0 Å². The first kappa shape index (κ1) is 15.8. The molecule has 1 aromatic carbocycles. The van der Waals surface area contributed by atoms with Gasteiger partial charge in [-0.15, -0.1) is 11.8 Å². The zero-order chi connectivity index (χ0) is 16.1. The number of nitrogens with zero attached hydrogens (tertiary/aromatic N) is 2. The van der Waals surface area contributed by atoms with Gasteiger partial charge in [-0.1, -0.05) is 6.07 Å². The van der Waals surface area contributed by atoms with Gasteiger partial charge in [-0.3, -0.25) is 24.3 Å². The molecule has 2 aromatic rings. The number of pyridine rings is 1. The lowest BCUT2D eigenvalue weighted by Gasteiger charge is -2.08. The quantitative estimate of drug-likeness (QED) is 0.517. The molecule has 7 nitrogen and oxygen atoms in total. The van der Waals surface area contributed by atoms with Crippen molar-refractivity contribution < 1.29 is 9.72 Å². The molecule has 0 spiro atoms. The lowest BCUT2D eigenvalue weighted by molar-refractivity contribution is -0.385. The van der Waals surface area contributed by atoms with Crippen molar-refractivity contribution in [3.05, 3.63) is 63.1 Å². The molecule has 1 N–H and O–H groups in total. The first-order valence-electron chi connectivity index (χ1n) is 6.28. The van der Waals surface area contributed by atoms with E-state index in [0.29, 0.717) is 5.69 Å². The van der Waals surface area contributed by atoms with Gasteiger partial charge in [-0.25, -0.2) is 0 Å². The number of anilines is 1. The predicted octanol–water partition coefficient (Wildman–Crippen LogP) is 2.12. The summed E-state index contributed by atoms with van der Waals surface area (Å²) in [6.07, 6.45) is 2.98. The van der Waals surface area contributed by atoms with Crippen LogP contribution in [0.25, 0.3) is 0 Å². The number of amides is 1. The lowest BCUT2D eigenvalue weighted by atomic mass is 10.3. The summed E-state index contributed by atoms with van der Waals surface area (Å²) < 4.78 is 1.01. The molecule has 0 atom stereocenters. The molecule has 1 heterocycles. The Labute approximate surface area is 130 Å². The van der Waals surface area contributed by atoms with Crippen molar-refractivity contribution in [2.75, 3.05) is 11.6 Å². The van der Waals surface area contributed by atoms with Gasteiger partial charge in [0, 0.05) is 22.7 Å². The minimum atomic E-state index is -0.615. The summed E-state index contributed by atoms with van der Waals surface area (Å²) in [5, 5.41) is 13.4. The standard InChI is InChI=1S/C14H13N3O4S/c1-22-12-4-2-3-10(7-12)15-13(18)9-16-8-11(17(20)21)5-6-14(16)19/h2-8H,9H2,1H3,(H,15,18). The van der Waals surface area contributed by atoms with Crippen LogP contribution in [-0.2, 0) is 11.3 Å². The van der Waals surface area contributed by atoms with Crippen molar-refractivity contribution in [3.63, 3.8) is 0 Å². The van der Waals surface area contributed by atoms with E-state index in [1.165, 1.54) is 0 Å². The molecule has 22 heavy (non-hydrogen) atoms. The summed E-state index contributed by atoms with van der Waals surface area (Å²) in [6, 6.07) is 9.43. The van der Waals surface area contributed by atoms with Crippen LogP contribution >= 0.6 is 11.8 Å². The van der Waals surface area contributed by atoms with Crippen LogP contribution in [0.2, 0.25) is 0 Å². The smallest absolute Gasteiger partial charge is 0.285 e. The van der Waals surface area contributed by atoms with Gasteiger partial charge in [-0.2, -0.15) is 0 Å². The summed E-state index contributed by atoms with van der Waals surface area (Å²) in [5.74, 6) is -0.430. The Balaban J connectivity index is 2.13. The molecule has 8 heteroatoms. The molecule has 1 amide bonds. The number of nitrogens with one attached hydrogen (secondary N) is 1. The van der Waals surface area contributed by atoms with E-state index in [-0.39, 0.29) is 12.2 Å². The second-order valence-electron chi connectivity index (χ2n) is 4.39. The second-order valence-corrected chi connectivity index (χ2v) is 5.27. The van der Waals surface area contributed by atoms with Crippen molar-refractivity contribution in [2.24, 2.45) is 0 Å². The summed E-state index contributed by atoms with van der Waals surface area (Å²) in [5.41, 5.74) is -0.106. The maximum Gasteiger partial charge on any atom is 0.285 e. The fourth-order valence-corrected chi connectivity index (χ4v) is 2.27. The first-order chi connectivity index (χ1) is 10.5.